The number of hydrogen-bond donors (Lipinski definition) is 3. The molecule has 0 saturated carbocycles. The normalized spacial score (nSPS) is 20.6. The number of aliphatic hydroxyl groups excluding tert-OH is 2. The molecule has 0 amide bonds. The monoisotopic (exact) mass is 781 g/mol. The van der Waals surface area contributed by atoms with Crippen LogP contribution in [0.3, 0.4) is 0 Å². The van der Waals surface area contributed by atoms with E-state index < -0.39 is 10.0 Å². The van der Waals surface area contributed by atoms with Gasteiger partial charge in [0.25, 0.3) is 0 Å². The Balaban J connectivity index is 0.000000327. The maximum absolute atomic E-state index is 12.9. The first-order valence-electron chi connectivity index (χ1n) is 13.1. The van der Waals surface area contributed by atoms with E-state index in [4.69, 9.17) is 9.84 Å². The van der Waals surface area contributed by atoms with Crippen LogP contribution in [0.25, 0.3) is 27.5 Å². The first kappa shape index (κ1) is 32.1. The molecule has 6 rings (SSSR count). The number of rotatable bonds is 4. The fourth-order valence-corrected chi connectivity index (χ4v) is 6.35. The Morgan fingerprint density at radius 3 is 2.36 bits per heavy atom. The number of fused-ring (bicyclic) bond motifs is 1. The summed E-state index contributed by atoms with van der Waals surface area (Å²) in [4.78, 5) is 5.88. The molecule has 0 spiro atoms. The largest absolute Gasteiger partial charge is 0.658 e. The first-order chi connectivity index (χ1) is 18.2. The summed E-state index contributed by atoms with van der Waals surface area (Å²) >= 11 is 0. The zero-order valence-electron chi connectivity index (χ0n) is 22.9. The van der Waals surface area contributed by atoms with Gasteiger partial charge < -0.3 is 30.2 Å². The van der Waals surface area contributed by atoms with Gasteiger partial charge in [-0.05, 0) is 57.0 Å². The number of morpholine rings is 1. The molecule has 1 unspecified atom stereocenters. The Bertz CT molecular complexity index is 1290. The maximum atomic E-state index is 12.9. The van der Waals surface area contributed by atoms with Crippen molar-refractivity contribution in [3.63, 3.8) is 0 Å². The minimum Gasteiger partial charge on any atom is -0.658 e. The van der Waals surface area contributed by atoms with E-state index in [2.05, 4.69) is 35.1 Å². The molecule has 0 bridgehead atoms. The second-order valence-corrected chi connectivity index (χ2v) is 12.2. The van der Waals surface area contributed by atoms with Crippen LogP contribution in [0.15, 0.2) is 53.4 Å². The summed E-state index contributed by atoms with van der Waals surface area (Å²) in [7, 11) is -2.46. The molecule has 0 radical (unpaired) electrons. The third kappa shape index (κ3) is 7.66. The number of β-amino-alcohol motifs (C(OH)–C–C–N with tert-alkyl or cyclic N) is 1. The number of benzene rings is 2. The number of anilines is 1. The molecule has 2 aromatic carbocycles. The second-order valence-electron chi connectivity index (χ2n) is 10.3. The summed E-state index contributed by atoms with van der Waals surface area (Å²) in [6.45, 7) is 9.15. The fourth-order valence-electron chi connectivity index (χ4n) is 4.80. The summed E-state index contributed by atoms with van der Waals surface area (Å²) < 4.78 is 32.7. The molecule has 3 aliphatic heterocycles. The van der Waals surface area contributed by atoms with E-state index in [0.717, 1.165) is 74.0 Å². The molecule has 1 aromatic heterocycles. The summed E-state index contributed by atoms with van der Waals surface area (Å²) in [6, 6.07) is 15.4. The molecule has 11 heteroatoms. The van der Waals surface area contributed by atoms with E-state index in [-0.39, 0.29) is 42.8 Å². The van der Waals surface area contributed by atoms with Crippen LogP contribution in [-0.4, -0.2) is 92.6 Å². The summed E-state index contributed by atoms with van der Waals surface area (Å²) in [5.74, 6) is 0. The predicted octanol–water partition coefficient (Wildman–Crippen LogP) is 3.58. The minimum atomic E-state index is -3.46. The molecule has 3 saturated heterocycles. The number of H-pyrrole nitrogens is 1. The van der Waals surface area contributed by atoms with Gasteiger partial charge in [-0.1, -0.05) is 18.2 Å². The van der Waals surface area contributed by atoms with Crippen LogP contribution >= 0.6 is 0 Å². The Kier molecular flexibility index (Phi) is 11.5. The van der Waals surface area contributed by atoms with Crippen LogP contribution in [-0.2, 0) is 14.8 Å². The Labute approximate surface area is 255 Å². The van der Waals surface area contributed by atoms with Gasteiger partial charge in [0.15, 0.2) is 0 Å². The third-order valence-electron chi connectivity index (χ3n) is 6.98. The van der Waals surface area contributed by atoms with Crippen molar-refractivity contribution in [2.45, 2.75) is 43.3 Å². The van der Waals surface area contributed by atoms with Gasteiger partial charge in [0.2, 0.25) is 10.0 Å². The van der Waals surface area contributed by atoms with Gasteiger partial charge in [0.05, 0.1) is 11.0 Å². The quantitative estimate of drug-likeness (QED) is 0.373. The zero-order chi connectivity index (χ0) is 27.3. The number of nitrogens with one attached hydrogen (secondary N) is 1. The molecule has 4 heterocycles. The minimum absolute atomic E-state index is 0. The van der Waals surface area contributed by atoms with Crippen molar-refractivity contribution in [2.24, 2.45) is 0 Å². The SMILES string of the molecule is CC1(C)C[N-]CCO1.CO.O=S(=O)(c1ccc(N2CCC(O)C2)c(-c2cc3ccccc3[nH]2)c1)N1CCC1.[U]. The average Bonchev–Trinajstić information content (AvgIpc) is 3.50. The molecule has 0 aliphatic carbocycles. The number of sulfonamides is 1. The van der Waals surface area contributed by atoms with Crippen molar-refractivity contribution < 1.29 is 54.5 Å². The Morgan fingerprint density at radius 2 is 1.82 bits per heavy atom. The van der Waals surface area contributed by atoms with E-state index in [0.29, 0.717) is 24.5 Å². The van der Waals surface area contributed by atoms with Crippen molar-refractivity contribution >= 4 is 26.6 Å². The van der Waals surface area contributed by atoms with Gasteiger partial charge >= 0.3 is 0 Å². The maximum Gasteiger partial charge on any atom is 0.243 e. The average molecular weight is 782 g/mol. The number of aromatic nitrogens is 1. The predicted molar refractivity (Wildman–Crippen MR) is 151 cm³/mol. The van der Waals surface area contributed by atoms with Gasteiger partial charge in [-0.2, -0.15) is 4.31 Å². The molecular weight excluding hydrogens is 742 g/mol. The number of nitrogens with zero attached hydrogens (tertiary/aromatic N) is 3. The molecule has 9 nitrogen and oxygen atoms in total. The first-order valence-corrected chi connectivity index (χ1v) is 14.5. The van der Waals surface area contributed by atoms with Gasteiger partial charge in [0, 0.05) is 104 Å². The summed E-state index contributed by atoms with van der Waals surface area (Å²) in [5.41, 5.74) is 3.72. The number of hydrogen-bond acceptors (Lipinski definition) is 6. The van der Waals surface area contributed by atoms with Crippen molar-refractivity contribution in [2.75, 3.05) is 57.9 Å². The van der Waals surface area contributed by atoms with E-state index in [1.165, 1.54) is 4.31 Å². The number of ether oxygens (including phenoxy) is 1. The van der Waals surface area contributed by atoms with Gasteiger partial charge in [-0.15, -0.1) is 13.1 Å². The van der Waals surface area contributed by atoms with Gasteiger partial charge in [-0.3, -0.25) is 0 Å². The van der Waals surface area contributed by atoms with Crippen LogP contribution in [0.5, 0.6) is 0 Å². The molecule has 3 fully saturated rings. The fraction of sp³-hybridized carbons (Fsp3) is 0.500. The standard InChI is InChI=1S/C21H23N3O3S.C6H12NO.CH4O.U/c25-16-8-11-23(14-16)21-7-6-17(28(26,27)24-9-3-10-24)13-18(21)20-12-15-4-1-2-5-19(15)22-20;1-6(2)5-7-3-4-8-6;1-2;/h1-2,4-7,12-13,16,22,25H,3,8-11,14H2;3-5H2,1-2H3;2H,1H3;/q;-1;;. The second kappa shape index (κ2) is 14.0. The smallest absolute Gasteiger partial charge is 0.243 e. The number of aliphatic hydroxyl groups is 2. The Morgan fingerprint density at radius 1 is 1.08 bits per heavy atom. The van der Waals surface area contributed by atoms with Crippen molar-refractivity contribution in [3.8, 4) is 11.3 Å². The molecule has 3 aliphatic rings. The van der Waals surface area contributed by atoms with Crippen molar-refractivity contribution in [3.05, 3.63) is 53.8 Å². The molecule has 3 aromatic rings. The van der Waals surface area contributed by atoms with Gasteiger partial charge in [-0.25, -0.2) is 8.42 Å². The molecule has 1 atom stereocenters. The van der Waals surface area contributed by atoms with Crippen molar-refractivity contribution in [1.29, 1.82) is 0 Å². The molecule has 3 N–H and O–H groups in total. The number of aromatic amines is 1. The van der Waals surface area contributed by atoms with Crippen LogP contribution < -0.4 is 4.90 Å². The third-order valence-corrected chi connectivity index (χ3v) is 8.87. The summed E-state index contributed by atoms with van der Waals surface area (Å²) in [6.07, 6.45) is 1.29. The summed E-state index contributed by atoms with van der Waals surface area (Å²) in [5, 5.41) is 22.3. The van der Waals surface area contributed by atoms with Crippen LogP contribution in [0.1, 0.15) is 26.7 Å². The number of para-hydroxylation sites is 1. The Hall–Kier alpha value is -1.42. The zero-order valence-corrected chi connectivity index (χ0v) is 27.9. The van der Waals surface area contributed by atoms with E-state index in [9.17, 15) is 13.5 Å². The van der Waals surface area contributed by atoms with E-state index >= 15 is 0 Å². The van der Waals surface area contributed by atoms with E-state index in [1.807, 2.05) is 30.3 Å². The molecule has 39 heavy (non-hydrogen) atoms. The van der Waals surface area contributed by atoms with Crippen LogP contribution in [0.2, 0.25) is 0 Å². The molecular formula is C28H39N4O5SU-. The van der Waals surface area contributed by atoms with Crippen molar-refractivity contribution in [1.82, 2.24) is 9.29 Å². The van der Waals surface area contributed by atoms with Crippen LogP contribution in [0.4, 0.5) is 5.69 Å². The molecule has 212 valence electrons. The van der Waals surface area contributed by atoms with Crippen LogP contribution in [0, 0.1) is 31.1 Å². The van der Waals surface area contributed by atoms with E-state index in [1.54, 1.807) is 12.1 Å². The van der Waals surface area contributed by atoms with Gasteiger partial charge in [0.1, 0.15) is 0 Å². The topological polar surface area (TPSA) is 120 Å².